The molecule has 2 aromatic rings. The Kier molecular flexibility index (Phi) is 7.02. The van der Waals surface area contributed by atoms with Gasteiger partial charge < -0.3 is 14.8 Å². The van der Waals surface area contributed by atoms with E-state index in [1.807, 2.05) is 0 Å². The van der Waals surface area contributed by atoms with Crippen molar-refractivity contribution in [2.24, 2.45) is 5.10 Å². The second-order valence-electron chi connectivity index (χ2n) is 6.47. The van der Waals surface area contributed by atoms with Gasteiger partial charge in [-0.15, -0.1) is 12.4 Å². The van der Waals surface area contributed by atoms with Gasteiger partial charge in [0.05, 0.1) is 30.0 Å². The zero-order chi connectivity index (χ0) is 19.5. The molecule has 4 rings (SSSR count). The number of ether oxygens (including phenoxy) is 2. The fraction of sp³-hybridized carbons (Fsp3) is 0.316. The molecule has 0 aliphatic carbocycles. The van der Waals surface area contributed by atoms with Crippen molar-refractivity contribution in [3.05, 3.63) is 58.6 Å². The maximum atomic E-state index is 14.0. The van der Waals surface area contributed by atoms with Gasteiger partial charge in [-0.25, -0.2) is 9.82 Å². The summed E-state index contributed by atoms with van der Waals surface area (Å²) in [7, 11) is 0. The molecule has 3 heterocycles. The van der Waals surface area contributed by atoms with E-state index in [0.29, 0.717) is 42.3 Å². The molecule has 0 bridgehead atoms. The SMILES string of the molecule is Cl.O=C1CC(c2ccncc2O[C@@H]2CNCCO[C@H]2c2ccc(Cl)c(F)c2)=NN1. The monoisotopic (exact) mass is 440 g/mol. The lowest BCUT2D eigenvalue weighted by atomic mass is 10.0. The zero-order valence-electron chi connectivity index (χ0n) is 15.2. The molecule has 2 aliphatic rings. The van der Waals surface area contributed by atoms with Crippen LogP contribution < -0.4 is 15.5 Å². The first-order valence-electron chi connectivity index (χ1n) is 8.85. The van der Waals surface area contributed by atoms with Crippen LogP contribution in [0.1, 0.15) is 23.7 Å². The lowest BCUT2D eigenvalue weighted by Crippen LogP contribution is -2.34. The van der Waals surface area contributed by atoms with E-state index in [1.165, 1.54) is 12.1 Å². The van der Waals surface area contributed by atoms with Crippen molar-refractivity contribution in [2.45, 2.75) is 18.6 Å². The van der Waals surface area contributed by atoms with Crippen molar-refractivity contribution in [3.63, 3.8) is 0 Å². The number of hydrogen-bond acceptors (Lipinski definition) is 6. The van der Waals surface area contributed by atoms with Crippen LogP contribution in [0.25, 0.3) is 0 Å². The highest BCUT2D eigenvalue weighted by Gasteiger charge is 2.30. The molecule has 29 heavy (non-hydrogen) atoms. The summed E-state index contributed by atoms with van der Waals surface area (Å²) in [6.45, 7) is 1.60. The normalized spacial score (nSPS) is 21.6. The number of aromatic nitrogens is 1. The topological polar surface area (TPSA) is 84.8 Å². The summed E-state index contributed by atoms with van der Waals surface area (Å²) >= 11 is 5.81. The third-order valence-electron chi connectivity index (χ3n) is 4.55. The molecule has 2 aliphatic heterocycles. The van der Waals surface area contributed by atoms with Gasteiger partial charge in [0.25, 0.3) is 0 Å². The summed E-state index contributed by atoms with van der Waals surface area (Å²) in [5.41, 5.74) is 4.33. The van der Waals surface area contributed by atoms with E-state index in [2.05, 4.69) is 20.8 Å². The van der Waals surface area contributed by atoms with Gasteiger partial charge in [0, 0.05) is 24.8 Å². The summed E-state index contributed by atoms with van der Waals surface area (Å²) in [5.74, 6) is -0.202. The molecular formula is C19H19Cl2FN4O3. The van der Waals surface area contributed by atoms with Crippen molar-refractivity contribution < 1.29 is 18.7 Å². The average Bonchev–Trinajstić information content (AvgIpc) is 2.99. The van der Waals surface area contributed by atoms with E-state index in [1.54, 1.807) is 24.5 Å². The Morgan fingerprint density at radius 1 is 1.31 bits per heavy atom. The lowest BCUT2D eigenvalue weighted by molar-refractivity contribution is -0.119. The Balaban J connectivity index is 0.00000240. The molecular weight excluding hydrogens is 422 g/mol. The molecule has 7 nitrogen and oxygen atoms in total. The van der Waals surface area contributed by atoms with Gasteiger partial charge in [0.2, 0.25) is 5.91 Å². The Hall–Kier alpha value is -2.26. The second-order valence-corrected chi connectivity index (χ2v) is 6.87. The minimum atomic E-state index is -0.509. The van der Waals surface area contributed by atoms with Gasteiger partial charge in [-0.05, 0) is 23.8 Å². The number of rotatable bonds is 4. The summed E-state index contributed by atoms with van der Waals surface area (Å²) in [6.07, 6.45) is 2.41. The number of nitrogens with one attached hydrogen (secondary N) is 2. The first-order chi connectivity index (χ1) is 13.6. The molecule has 2 N–H and O–H groups in total. The molecule has 0 radical (unpaired) electrons. The predicted molar refractivity (Wildman–Crippen MR) is 108 cm³/mol. The van der Waals surface area contributed by atoms with Crippen LogP contribution in [0, 0.1) is 5.82 Å². The van der Waals surface area contributed by atoms with Gasteiger partial charge in [-0.2, -0.15) is 5.10 Å². The Morgan fingerprint density at radius 2 is 2.17 bits per heavy atom. The van der Waals surface area contributed by atoms with Crippen molar-refractivity contribution in [1.29, 1.82) is 0 Å². The number of benzene rings is 1. The molecule has 2 atom stereocenters. The number of carbonyl (C=O) groups is 1. The quantitative estimate of drug-likeness (QED) is 0.762. The summed E-state index contributed by atoms with van der Waals surface area (Å²) in [5, 5.41) is 7.36. The second kappa shape index (κ2) is 9.49. The largest absolute Gasteiger partial charge is 0.484 e. The number of amides is 1. The summed E-state index contributed by atoms with van der Waals surface area (Å²) in [6, 6.07) is 6.34. The third-order valence-corrected chi connectivity index (χ3v) is 4.86. The molecule has 1 aromatic heterocycles. The Morgan fingerprint density at radius 3 is 2.93 bits per heavy atom. The van der Waals surface area contributed by atoms with Crippen LogP contribution in [-0.4, -0.2) is 42.4 Å². The van der Waals surface area contributed by atoms with Crippen LogP contribution in [0.2, 0.25) is 5.02 Å². The number of halogens is 3. The molecule has 10 heteroatoms. The first-order valence-corrected chi connectivity index (χ1v) is 9.23. The Bertz CT molecular complexity index is 928. The molecule has 1 amide bonds. The van der Waals surface area contributed by atoms with Crippen molar-refractivity contribution >= 4 is 35.6 Å². The van der Waals surface area contributed by atoms with Gasteiger partial charge in [-0.3, -0.25) is 9.78 Å². The lowest BCUT2D eigenvalue weighted by Gasteiger charge is -2.27. The molecule has 0 saturated carbocycles. The number of nitrogens with zero attached hydrogens (tertiary/aromatic N) is 2. The van der Waals surface area contributed by atoms with Gasteiger partial charge >= 0.3 is 0 Å². The number of hydrogen-bond donors (Lipinski definition) is 2. The van der Waals surface area contributed by atoms with Crippen molar-refractivity contribution in [3.8, 4) is 5.75 Å². The van der Waals surface area contributed by atoms with Gasteiger partial charge in [0.15, 0.2) is 0 Å². The predicted octanol–water partition coefficient (Wildman–Crippen LogP) is 2.63. The van der Waals surface area contributed by atoms with E-state index in [4.69, 9.17) is 21.1 Å². The molecule has 154 valence electrons. The van der Waals surface area contributed by atoms with Crippen LogP contribution in [-0.2, 0) is 9.53 Å². The van der Waals surface area contributed by atoms with Gasteiger partial charge in [-0.1, -0.05) is 17.7 Å². The molecule has 1 saturated heterocycles. The van der Waals surface area contributed by atoms with Crippen LogP contribution in [0.4, 0.5) is 4.39 Å². The molecule has 1 fully saturated rings. The van der Waals surface area contributed by atoms with E-state index in [9.17, 15) is 9.18 Å². The summed E-state index contributed by atoms with van der Waals surface area (Å²) in [4.78, 5) is 15.6. The number of hydrazone groups is 1. The minimum absolute atomic E-state index is 0. The highest BCUT2D eigenvalue weighted by atomic mass is 35.5. The average molecular weight is 441 g/mol. The molecule has 1 aromatic carbocycles. The van der Waals surface area contributed by atoms with Crippen LogP contribution >= 0.6 is 24.0 Å². The van der Waals surface area contributed by atoms with Gasteiger partial charge in [0.1, 0.15) is 23.8 Å². The van der Waals surface area contributed by atoms with Crippen LogP contribution in [0.15, 0.2) is 41.8 Å². The minimum Gasteiger partial charge on any atom is -0.484 e. The van der Waals surface area contributed by atoms with E-state index < -0.39 is 18.0 Å². The fourth-order valence-electron chi connectivity index (χ4n) is 3.21. The number of carbonyl (C=O) groups excluding carboxylic acids is 1. The molecule has 0 unspecified atom stereocenters. The Labute approximate surface area is 178 Å². The fourth-order valence-corrected chi connectivity index (χ4v) is 3.33. The van der Waals surface area contributed by atoms with Crippen molar-refractivity contribution in [1.82, 2.24) is 15.7 Å². The maximum absolute atomic E-state index is 14.0. The van der Waals surface area contributed by atoms with E-state index >= 15 is 0 Å². The van der Waals surface area contributed by atoms with Crippen molar-refractivity contribution in [2.75, 3.05) is 19.7 Å². The smallest absolute Gasteiger partial charge is 0.246 e. The third kappa shape index (κ3) is 4.84. The molecule has 0 spiro atoms. The van der Waals surface area contributed by atoms with Crippen LogP contribution in [0.3, 0.4) is 0 Å². The highest BCUT2D eigenvalue weighted by Crippen LogP contribution is 2.30. The first kappa shape index (κ1) is 21.4. The number of pyridine rings is 1. The zero-order valence-corrected chi connectivity index (χ0v) is 16.8. The van der Waals surface area contributed by atoms with Crippen LogP contribution in [0.5, 0.6) is 5.75 Å². The van der Waals surface area contributed by atoms with E-state index in [0.717, 1.165) is 0 Å². The standard InChI is InChI=1S/C19H18ClFN4O3.ClH/c20-13-2-1-11(7-14(13)21)19-17(10-23-5-6-27-19)28-16-9-22-4-3-12(16)15-8-18(26)25-24-15;/h1-4,7,9,17,19,23H,5-6,8,10H2,(H,25,26);1H/t17-,19+;/m1./s1. The van der Waals surface area contributed by atoms with E-state index in [-0.39, 0.29) is 29.8 Å². The maximum Gasteiger partial charge on any atom is 0.246 e. The summed E-state index contributed by atoms with van der Waals surface area (Å²) < 4.78 is 26.1. The highest BCUT2D eigenvalue weighted by molar-refractivity contribution is 6.30.